The predicted octanol–water partition coefficient (Wildman–Crippen LogP) is 5.75. The lowest BCUT2D eigenvalue weighted by Crippen LogP contribution is -2.56. The van der Waals surface area contributed by atoms with E-state index in [2.05, 4.69) is 39.1 Å². The summed E-state index contributed by atoms with van der Waals surface area (Å²) in [6, 6.07) is 4.16. The highest BCUT2D eigenvalue weighted by Gasteiger charge is 2.40. The number of ether oxygens (including phenoxy) is 1. The first-order chi connectivity index (χ1) is 19.9. The molecule has 218 valence electrons. The van der Waals surface area contributed by atoms with E-state index >= 15 is 0 Å². The third-order valence-electron chi connectivity index (χ3n) is 9.29. The molecule has 2 aliphatic heterocycles. The van der Waals surface area contributed by atoms with Crippen LogP contribution in [-0.4, -0.2) is 50.4 Å². The lowest BCUT2D eigenvalue weighted by Gasteiger charge is -2.47. The quantitative estimate of drug-likeness (QED) is 0.393. The van der Waals surface area contributed by atoms with Crippen molar-refractivity contribution >= 4 is 34.7 Å². The van der Waals surface area contributed by atoms with Gasteiger partial charge in [-0.25, -0.2) is 14.8 Å². The Bertz CT molecular complexity index is 1440. The van der Waals surface area contributed by atoms with Gasteiger partial charge >= 0.3 is 6.09 Å². The Kier molecular flexibility index (Phi) is 7.25. The molecule has 5 heterocycles. The maximum Gasteiger partial charge on any atom is 0.427 e. The van der Waals surface area contributed by atoms with Crippen molar-refractivity contribution in [2.75, 3.05) is 11.4 Å². The fourth-order valence-electron chi connectivity index (χ4n) is 7.22. The molecule has 2 saturated carbocycles. The van der Waals surface area contributed by atoms with E-state index in [-0.39, 0.29) is 12.2 Å². The normalized spacial score (nSPS) is 30.2. The number of fused-ring (bicyclic) bond motifs is 2. The zero-order valence-corrected chi connectivity index (χ0v) is 24.4. The molecule has 41 heavy (non-hydrogen) atoms. The molecule has 4 fully saturated rings. The van der Waals surface area contributed by atoms with Crippen LogP contribution >= 0.6 is 11.6 Å². The van der Waals surface area contributed by atoms with E-state index in [4.69, 9.17) is 31.1 Å². The van der Waals surface area contributed by atoms with Crippen molar-refractivity contribution < 1.29 is 14.4 Å². The number of hydroxylamine groups is 1. The standard InChI is InChI=1S/C30H38ClN7O3/c1-17-7-9-19(10-8-17)16-38-27-22(34-29(38)37-15-18(2)40-25-6-4-3-5-24(25)37)12-23(28-35-30(39)41-36-28)33-26(27)20-11-21(31)14-32-13-20/h11-14,17-19,24-25,28,36H,3-10,15-16H2,1-2H3,(H,35,39). The number of halogens is 1. The van der Waals surface area contributed by atoms with E-state index in [1.807, 2.05) is 12.1 Å². The number of nitrogens with zero attached hydrogens (tertiary/aromatic N) is 5. The van der Waals surface area contributed by atoms with Crippen LogP contribution in [0.15, 0.2) is 24.5 Å². The first-order valence-electron chi connectivity index (χ1n) is 15.1. The Labute approximate surface area is 245 Å². The highest BCUT2D eigenvalue weighted by molar-refractivity contribution is 6.30. The molecule has 2 N–H and O–H groups in total. The van der Waals surface area contributed by atoms with Crippen LogP contribution in [0.2, 0.25) is 5.02 Å². The minimum absolute atomic E-state index is 0.124. The van der Waals surface area contributed by atoms with E-state index in [1.165, 1.54) is 38.5 Å². The third kappa shape index (κ3) is 5.26. The molecule has 0 aromatic carbocycles. The Morgan fingerprint density at radius 3 is 2.66 bits per heavy atom. The summed E-state index contributed by atoms with van der Waals surface area (Å²) in [4.78, 5) is 34.2. The Hall–Kier alpha value is -2.95. The van der Waals surface area contributed by atoms with Gasteiger partial charge in [-0.3, -0.25) is 10.3 Å². The topological polar surface area (TPSA) is 106 Å². The number of amides is 1. The number of pyridine rings is 2. The molecule has 3 aromatic rings. The number of carbonyl (C=O) groups excluding carboxylic acids is 1. The number of hydrogen-bond donors (Lipinski definition) is 2. The van der Waals surface area contributed by atoms with Crippen LogP contribution in [0.4, 0.5) is 10.7 Å². The van der Waals surface area contributed by atoms with Crippen molar-refractivity contribution in [1.29, 1.82) is 0 Å². The van der Waals surface area contributed by atoms with E-state index in [0.29, 0.717) is 22.7 Å². The highest BCUT2D eigenvalue weighted by atomic mass is 35.5. The summed E-state index contributed by atoms with van der Waals surface area (Å²) >= 11 is 6.44. The van der Waals surface area contributed by atoms with Gasteiger partial charge in [0.2, 0.25) is 5.95 Å². The van der Waals surface area contributed by atoms with Crippen molar-refractivity contribution in [3.8, 4) is 11.3 Å². The van der Waals surface area contributed by atoms with Crippen molar-refractivity contribution in [2.45, 2.75) is 96.2 Å². The van der Waals surface area contributed by atoms with Crippen LogP contribution in [0.3, 0.4) is 0 Å². The average molecular weight is 580 g/mol. The number of aromatic nitrogens is 4. The van der Waals surface area contributed by atoms with Gasteiger partial charge in [-0.1, -0.05) is 44.2 Å². The van der Waals surface area contributed by atoms with E-state index in [0.717, 1.165) is 60.1 Å². The van der Waals surface area contributed by atoms with Gasteiger partial charge < -0.3 is 19.0 Å². The van der Waals surface area contributed by atoms with Crippen LogP contribution in [0.25, 0.3) is 22.3 Å². The second-order valence-corrected chi connectivity index (χ2v) is 12.8. The number of nitrogens with one attached hydrogen (secondary N) is 2. The van der Waals surface area contributed by atoms with Crippen LogP contribution in [-0.2, 0) is 16.1 Å². The number of imidazole rings is 1. The zero-order chi connectivity index (χ0) is 28.1. The molecule has 7 rings (SSSR count). The predicted molar refractivity (Wildman–Crippen MR) is 156 cm³/mol. The third-order valence-corrected chi connectivity index (χ3v) is 9.50. The van der Waals surface area contributed by atoms with Crippen molar-refractivity contribution in [2.24, 2.45) is 11.8 Å². The summed E-state index contributed by atoms with van der Waals surface area (Å²) in [5.74, 6) is 2.33. The average Bonchev–Trinajstić information content (AvgIpc) is 3.57. The molecule has 0 bridgehead atoms. The SMILES string of the molecule is CC1CCC(Cn2c(N3CC(C)OC4CCCCC43)nc3cc(C4NOC(=O)N4)nc(-c4cncc(Cl)c4)c32)CC1. The van der Waals surface area contributed by atoms with Gasteiger partial charge in [0, 0.05) is 31.0 Å². The monoisotopic (exact) mass is 579 g/mol. The lowest BCUT2D eigenvalue weighted by molar-refractivity contribution is -0.0561. The van der Waals surface area contributed by atoms with Crippen LogP contribution in [0.5, 0.6) is 0 Å². The van der Waals surface area contributed by atoms with Crippen LogP contribution in [0, 0.1) is 11.8 Å². The first-order valence-corrected chi connectivity index (χ1v) is 15.5. The number of morpholine rings is 1. The number of rotatable bonds is 5. The molecule has 10 nitrogen and oxygen atoms in total. The van der Waals surface area contributed by atoms with Gasteiger partial charge in [0.1, 0.15) is 0 Å². The van der Waals surface area contributed by atoms with E-state index in [9.17, 15) is 4.79 Å². The van der Waals surface area contributed by atoms with Gasteiger partial charge in [-0.2, -0.15) is 0 Å². The first kappa shape index (κ1) is 26.9. The number of carbonyl (C=O) groups is 1. The van der Waals surface area contributed by atoms with Gasteiger partial charge in [0.25, 0.3) is 0 Å². The molecule has 3 aromatic heterocycles. The highest BCUT2D eigenvalue weighted by Crippen LogP contribution is 2.40. The largest absolute Gasteiger partial charge is 0.427 e. The summed E-state index contributed by atoms with van der Waals surface area (Å²) in [7, 11) is 0. The maximum atomic E-state index is 11.9. The van der Waals surface area contributed by atoms with E-state index < -0.39 is 12.3 Å². The molecule has 11 heteroatoms. The zero-order valence-electron chi connectivity index (χ0n) is 23.7. The van der Waals surface area contributed by atoms with Gasteiger partial charge in [0.05, 0.1) is 45.7 Å². The summed E-state index contributed by atoms with van der Waals surface area (Å²) < 4.78 is 8.86. The minimum atomic E-state index is -0.586. The van der Waals surface area contributed by atoms with Crippen LogP contribution < -0.4 is 15.7 Å². The Balaban J connectivity index is 1.41. The maximum absolute atomic E-state index is 11.9. The Morgan fingerprint density at radius 2 is 1.88 bits per heavy atom. The molecule has 0 spiro atoms. The summed E-state index contributed by atoms with van der Waals surface area (Å²) in [6.07, 6.45) is 12.2. The molecular formula is C30H38ClN7O3. The second kappa shape index (κ2) is 11.0. The molecular weight excluding hydrogens is 542 g/mol. The molecule has 4 aliphatic rings. The summed E-state index contributed by atoms with van der Waals surface area (Å²) in [5, 5.41) is 3.32. The molecule has 2 aliphatic carbocycles. The van der Waals surface area contributed by atoms with Gasteiger partial charge in [-0.15, -0.1) is 5.48 Å². The second-order valence-electron chi connectivity index (χ2n) is 12.4. The molecule has 0 radical (unpaired) electrons. The summed E-state index contributed by atoms with van der Waals surface area (Å²) in [6.45, 7) is 6.21. The minimum Gasteiger partial charge on any atom is -0.371 e. The molecule has 2 saturated heterocycles. The van der Waals surface area contributed by atoms with Crippen LogP contribution in [0.1, 0.15) is 77.1 Å². The number of anilines is 1. The fourth-order valence-corrected chi connectivity index (χ4v) is 7.39. The smallest absolute Gasteiger partial charge is 0.371 e. The van der Waals surface area contributed by atoms with E-state index in [1.54, 1.807) is 12.4 Å². The molecule has 4 unspecified atom stereocenters. The lowest BCUT2D eigenvalue weighted by atomic mass is 9.83. The van der Waals surface area contributed by atoms with Gasteiger partial charge in [0.15, 0.2) is 6.17 Å². The van der Waals surface area contributed by atoms with Gasteiger partial charge in [-0.05, 0) is 56.6 Å². The molecule has 4 atom stereocenters. The van der Waals surface area contributed by atoms with Crippen molar-refractivity contribution in [3.05, 3.63) is 35.2 Å². The fraction of sp³-hybridized carbons (Fsp3) is 0.600. The summed E-state index contributed by atoms with van der Waals surface area (Å²) in [5.41, 5.74) is 6.73. The molecule has 1 amide bonds. The number of hydrogen-bond acceptors (Lipinski definition) is 8. The van der Waals surface area contributed by atoms with Crippen molar-refractivity contribution in [1.82, 2.24) is 30.3 Å². The van der Waals surface area contributed by atoms with Crippen molar-refractivity contribution in [3.63, 3.8) is 0 Å². The Morgan fingerprint density at radius 1 is 1.05 bits per heavy atom.